The van der Waals surface area contributed by atoms with E-state index in [0.717, 1.165) is 0 Å². The van der Waals surface area contributed by atoms with Crippen LogP contribution < -0.4 is 5.73 Å². The molecule has 8 heteroatoms. The second kappa shape index (κ2) is 3.58. The number of rotatable bonds is 3. The van der Waals surface area contributed by atoms with Crippen LogP contribution in [-0.4, -0.2) is 24.9 Å². The highest BCUT2D eigenvalue weighted by atomic mass is 32.1. The molecular formula is C6H8N6OS. The van der Waals surface area contributed by atoms with Crippen LogP contribution in [0.15, 0.2) is 10.9 Å². The van der Waals surface area contributed by atoms with E-state index in [9.17, 15) is 0 Å². The fourth-order valence-corrected chi connectivity index (χ4v) is 1.29. The lowest BCUT2D eigenvalue weighted by atomic mass is 10.4. The van der Waals surface area contributed by atoms with Gasteiger partial charge in [-0.2, -0.15) is 4.98 Å². The molecule has 0 unspecified atom stereocenters. The van der Waals surface area contributed by atoms with E-state index in [-0.39, 0.29) is 0 Å². The van der Waals surface area contributed by atoms with Crippen LogP contribution in [0.4, 0.5) is 5.95 Å². The maximum absolute atomic E-state index is 5.57. The number of aryl methyl sites for hydroxylation is 1. The number of nitrogens with two attached hydrogens (primary N) is 1. The number of nitrogens with zero attached hydrogens (tertiary/aromatic N) is 4. The second-order valence-corrected chi connectivity index (χ2v) is 3.01. The van der Waals surface area contributed by atoms with E-state index in [2.05, 4.69) is 20.3 Å². The highest BCUT2D eigenvalue weighted by Crippen LogP contribution is 2.02. The molecule has 0 aromatic carbocycles. The average molecular weight is 212 g/mol. The number of H-pyrrole nitrogens is 1. The smallest absolute Gasteiger partial charge is 0.228 e. The Kier molecular flexibility index (Phi) is 2.27. The topological polar surface area (TPSA) is 98.5 Å². The monoisotopic (exact) mass is 212 g/mol. The summed E-state index contributed by atoms with van der Waals surface area (Å²) in [5.74, 6) is 0.905. The number of nitrogens with one attached hydrogen (secondary N) is 1. The summed E-state index contributed by atoms with van der Waals surface area (Å²) in [6.07, 6.45) is 1.94. The Morgan fingerprint density at radius 2 is 2.50 bits per heavy atom. The van der Waals surface area contributed by atoms with Gasteiger partial charge in [-0.1, -0.05) is 5.16 Å². The van der Waals surface area contributed by atoms with E-state index in [1.54, 1.807) is 4.57 Å². The maximum atomic E-state index is 5.57. The zero-order valence-corrected chi connectivity index (χ0v) is 7.99. The number of hydrogen-bond donors (Lipinski definition) is 2. The molecule has 2 rings (SSSR count). The van der Waals surface area contributed by atoms with Crippen molar-refractivity contribution in [1.82, 2.24) is 24.9 Å². The Labute approximate surface area is 83.9 Å². The Morgan fingerprint density at radius 1 is 1.64 bits per heavy atom. The van der Waals surface area contributed by atoms with Crippen molar-refractivity contribution in [2.24, 2.45) is 0 Å². The van der Waals surface area contributed by atoms with Crippen molar-refractivity contribution in [3.63, 3.8) is 0 Å². The molecule has 0 saturated heterocycles. The highest BCUT2D eigenvalue weighted by molar-refractivity contribution is 7.71. The summed E-state index contributed by atoms with van der Waals surface area (Å²) in [5.41, 5.74) is 5.57. The fourth-order valence-electron chi connectivity index (χ4n) is 1.06. The Bertz CT molecular complexity index is 457. The Hall–Kier alpha value is -1.70. The molecule has 7 nitrogen and oxygen atoms in total. The van der Waals surface area contributed by atoms with Gasteiger partial charge in [0.15, 0.2) is 11.1 Å². The van der Waals surface area contributed by atoms with E-state index in [0.29, 0.717) is 29.6 Å². The molecule has 0 bridgehead atoms. The first kappa shape index (κ1) is 8.88. The third-order valence-corrected chi connectivity index (χ3v) is 2.06. The predicted molar refractivity (Wildman–Crippen MR) is 49.8 cm³/mol. The SMILES string of the molecule is Nc1n[nH]c(=S)n1CCc1ncno1. The highest BCUT2D eigenvalue weighted by Gasteiger charge is 2.04. The van der Waals surface area contributed by atoms with Gasteiger partial charge in [-0.3, -0.25) is 4.57 Å². The second-order valence-electron chi connectivity index (χ2n) is 2.62. The van der Waals surface area contributed by atoms with Crippen molar-refractivity contribution in [1.29, 1.82) is 0 Å². The molecule has 2 heterocycles. The van der Waals surface area contributed by atoms with E-state index < -0.39 is 0 Å². The van der Waals surface area contributed by atoms with Gasteiger partial charge in [0.2, 0.25) is 11.8 Å². The summed E-state index contributed by atoms with van der Waals surface area (Å²) >= 11 is 4.97. The van der Waals surface area contributed by atoms with Crippen molar-refractivity contribution in [3.05, 3.63) is 17.0 Å². The molecule has 2 aromatic heterocycles. The van der Waals surface area contributed by atoms with Crippen LogP contribution in [0.1, 0.15) is 5.89 Å². The molecule has 0 aliphatic rings. The summed E-state index contributed by atoms with van der Waals surface area (Å²) < 4.78 is 6.99. The van der Waals surface area contributed by atoms with Gasteiger partial charge in [-0.05, 0) is 12.2 Å². The lowest BCUT2D eigenvalue weighted by Crippen LogP contribution is -2.06. The van der Waals surface area contributed by atoms with Gasteiger partial charge in [0, 0.05) is 13.0 Å². The van der Waals surface area contributed by atoms with Gasteiger partial charge in [-0.25, -0.2) is 5.10 Å². The molecule has 0 amide bonds. The van der Waals surface area contributed by atoms with Crippen LogP contribution in [0.3, 0.4) is 0 Å². The fraction of sp³-hybridized carbons (Fsp3) is 0.333. The minimum Gasteiger partial charge on any atom is -0.368 e. The van der Waals surface area contributed by atoms with E-state index in [1.165, 1.54) is 6.33 Å². The van der Waals surface area contributed by atoms with Gasteiger partial charge in [-0.15, -0.1) is 5.10 Å². The van der Waals surface area contributed by atoms with Crippen molar-refractivity contribution in [2.45, 2.75) is 13.0 Å². The van der Waals surface area contributed by atoms with Crippen LogP contribution in [0, 0.1) is 4.77 Å². The summed E-state index contributed by atoms with van der Waals surface area (Å²) in [5, 5.41) is 9.86. The van der Waals surface area contributed by atoms with Gasteiger partial charge >= 0.3 is 0 Å². The summed E-state index contributed by atoms with van der Waals surface area (Å²) in [4.78, 5) is 3.88. The summed E-state index contributed by atoms with van der Waals surface area (Å²) in [6, 6.07) is 0. The molecule has 3 N–H and O–H groups in total. The molecule has 0 aliphatic carbocycles. The van der Waals surface area contributed by atoms with Crippen LogP contribution in [0.5, 0.6) is 0 Å². The maximum Gasteiger partial charge on any atom is 0.228 e. The van der Waals surface area contributed by atoms with Crippen molar-refractivity contribution >= 4 is 18.2 Å². The first-order chi connectivity index (χ1) is 6.77. The van der Waals surface area contributed by atoms with E-state index in [4.69, 9.17) is 22.5 Å². The largest absolute Gasteiger partial charge is 0.368 e. The van der Waals surface area contributed by atoms with E-state index >= 15 is 0 Å². The quantitative estimate of drug-likeness (QED) is 0.702. The Morgan fingerprint density at radius 3 is 3.07 bits per heavy atom. The average Bonchev–Trinajstić information content (AvgIpc) is 2.76. The molecule has 0 saturated carbocycles. The number of hydrogen-bond acceptors (Lipinski definition) is 6. The van der Waals surface area contributed by atoms with Crippen LogP contribution in [0.2, 0.25) is 0 Å². The molecule has 0 atom stereocenters. The van der Waals surface area contributed by atoms with Crippen molar-refractivity contribution in [3.8, 4) is 0 Å². The van der Waals surface area contributed by atoms with Crippen LogP contribution in [0.25, 0.3) is 0 Å². The number of aromatic amines is 1. The predicted octanol–water partition coefficient (Wildman–Crippen LogP) is 0.149. The third kappa shape index (κ3) is 1.64. The lowest BCUT2D eigenvalue weighted by Gasteiger charge is -1.99. The standard InChI is InChI=1S/C6H8N6OS/c7-5-10-11-6(14)12(5)2-1-4-8-3-9-13-4/h3H,1-2H2,(H2,7,10)(H,11,14). The molecule has 0 spiro atoms. The van der Waals surface area contributed by atoms with Gasteiger partial charge in [0.05, 0.1) is 0 Å². The minimum absolute atomic E-state index is 0.356. The number of nitrogen functional groups attached to an aromatic ring is 1. The zero-order valence-electron chi connectivity index (χ0n) is 7.17. The summed E-state index contributed by atoms with van der Waals surface area (Å²) in [7, 11) is 0. The minimum atomic E-state index is 0.356. The molecular weight excluding hydrogens is 204 g/mol. The van der Waals surface area contributed by atoms with Crippen LogP contribution in [-0.2, 0) is 13.0 Å². The first-order valence-corrected chi connectivity index (χ1v) is 4.34. The van der Waals surface area contributed by atoms with E-state index in [1.807, 2.05) is 0 Å². The Balaban J connectivity index is 2.09. The zero-order chi connectivity index (χ0) is 9.97. The van der Waals surface area contributed by atoms with Crippen molar-refractivity contribution in [2.75, 3.05) is 5.73 Å². The van der Waals surface area contributed by atoms with Gasteiger partial charge in [0.1, 0.15) is 0 Å². The van der Waals surface area contributed by atoms with Gasteiger partial charge in [0.25, 0.3) is 0 Å². The molecule has 74 valence electrons. The number of aromatic nitrogens is 5. The number of anilines is 1. The van der Waals surface area contributed by atoms with Gasteiger partial charge < -0.3 is 10.3 Å². The third-order valence-electron chi connectivity index (χ3n) is 1.74. The molecule has 0 radical (unpaired) electrons. The molecule has 0 fully saturated rings. The molecule has 2 aromatic rings. The molecule has 14 heavy (non-hydrogen) atoms. The van der Waals surface area contributed by atoms with Crippen molar-refractivity contribution < 1.29 is 4.52 Å². The van der Waals surface area contributed by atoms with Crippen LogP contribution >= 0.6 is 12.2 Å². The lowest BCUT2D eigenvalue weighted by molar-refractivity contribution is 0.371. The molecule has 0 aliphatic heterocycles. The normalized spacial score (nSPS) is 10.6. The summed E-state index contributed by atoms with van der Waals surface area (Å²) in [6.45, 7) is 0.573. The first-order valence-electron chi connectivity index (χ1n) is 3.93.